The minimum atomic E-state index is -0.119. The summed E-state index contributed by atoms with van der Waals surface area (Å²) in [7, 11) is 1.63. The Balaban J connectivity index is 1.37. The Kier molecular flexibility index (Phi) is 6.92. The second-order valence-electron chi connectivity index (χ2n) is 8.04. The minimum absolute atomic E-state index is 0.0145. The van der Waals surface area contributed by atoms with E-state index in [0.717, 1.165) is 23.7 Å². The molecule has 0 bridgehead atoms. The van der Waals surface area contributed by atoms with Crippen molar-refractivity contribution >= 4 is 28.9 Å². The summed E-state index contributed by atoms with van der Waals surface area (Å²) in [6.45, 7) is 3.84. The molecule has 0 saturated carbocycles. The molecule has 1 aliphatic heterocycles. The molecule has 33 heavy (non-hydrogen) atoms. The molecule has 1 fully saturated rings. The summed E-state index contributed by atoms with van der Waals surface area (Å²) in [5, 5.41) is 10.5. The summed E-state index contributed by atoms with van der Waals surface area (Å²) < 4.78 is 6.98. The summed E-state index contributed by atoms with van der Waals surface area (Å²) in [6.07, 6.45) is 4.75. The van der Waals surface area contributed by atoms with E-state index in [0.29, 0.717) is 37.2 Å². The standard InChI is InChI=1S/C25H29N5O3/c1-3-30-17-20(16-26-30)28-24(31)18-12-14-29(15-13-18)25(32)22-6-4-5-7-23(22)27-19-8-10-21(33-2)11-9-19/h4-11,16-18,27H,3,12-15H2,1-2H3,(H,28,31). The van der Waals surface area contributed by atoms with E-state index in [1.807, 2.05) is 66.6 Å². The van der Waals surface area contributed by atoms with Crippen LogP contribution in [0.2, 0.25) is 0 Å². The van der Waals surface area contributed by atoms with E-state index < -0.39 is 0 Å². The van der Waals surface area contributed by atoms with Crippen LogP contribution in [0.3, 0.4) is 0 Å². The molecule has 2 amide bonds. The molecule has 0 aliphatic carbocycles. The number of hydrogen-bond acceptors (Lipinski definition) is 5. The maximum atomic E-state index is 13.3. The lowest BCUT2D eigenvalue weighted by Gasteiger charge is -2.31. The summed E-state index contributed by atoms with van der Waals surface area (Å²) >= 11 is 0. The Bertz CT molecular complexity index is 1100. The summed E-state index contributed by atoms with van der Waals surface area (Å²) in [4.78, 5) is 27.7. The van der Waals surface area contributed by atoms with Crippen LogP contribution in [0.15, 0.2) is 60.9 Å². The number of nitrogens with zero attached hydrogens (tertiary/aromatic N) is 3. The predicted octanol–water partition coefficient (Wildman–Crippen LogP) is 4.15. The molecule has 0 spiro atoms. The highest BCUT2D eigenvalue weighted by Crippen LogP contribution is 2.26. The number of aromatic nitrogens is 2. The van der Waals surface area contributed by atoms with Crippen molar-refractivity contribution in [1.29, 1.82) is 0 Å². The van der Waals surface area contributed by atoms with Gasteiger partial charge in [-0.2, -0.15) is 5.10 Å². The zero-order chi connectivity index (χ0) is 23.2. The maximum Gasteiger partial charge on any atom is 0.255 e. The Morgan fingerprint density at radius 2 is 1.79 bits per heavy atom. The molecule has 1 aromatic heterocycles. The second-order valence-corrected chi connectivity index (χ2v) is 8.04. The van der Waals surface area contributed by atoms with E-state index in [2.05, 4.69) is 15.7 Å². The second kappa shape index (κ2) is 10.2. The Morgan fingerprint density at radius 1 is 1.06 bits per heavy atom. The van der Waals surface area contributed by atoms with Crippen molar-refractivity contribution < 1.29 is 14.3 Å². The van der Waals surface area contributed by atoms with Crippen LogP contribution in [-0.2, 0) is 11.3 Å². The number of carbonyl (C=O) groups excluding carboxylic acids is 2. The zero-order valence-corrected chi connectivity index (χ0v) is 19.0. The molecule has 2 N–H and O–H groups in total. The van der Waals surface area contributed by atoms with Gasteiger partial charge in [0, 0.05) is 37.4 Å². The first-order chi connectivity index (χ1) is 16.1. The van der Waals surface area contributed by atoms with Gasteiger partial charge in [-0.15, -0.1) is 0 Å². The average Bonchev–Trinajstić information content (AvgIpc) is 3.32. The average molecular weight is 448 g/mol. The first-order valence-corrected chi connectivity index (χ1v) is 11.2. The van der Waals surface area contributed by atoms with Gasteiger partial charge in [0.25, 0.3) is 5.91 Å². The summed E-state index contributed by atoms with van der Waals surface area (Å²) in [5.41, 5.74) is 2.94. The van der Waals surface area contributed by atoms with Crippen LogP contribution < -0.4 is 15.4 Å². The molecule has 0 unspecified atom stereocenters. The fourth-order valence-corrected chi connectivity index (χ4v) is 3.97. The lowest BCUT2D eigenvalue weighted by Crippen LogP contribution is -2.41. The monoisotopic (exact) mass is 447 g/mol. The molecule has 4 rings (SSSR count). The number of aryl methyl sites for hydroxylation is 1. The SMILES string of the molecule is CCn1cc(NC(=O)C2CCN(C(=O)c3ccccc3Nc3ccc(OC)cc3)CC2)cn1. The number of amides is 2. The number of benzene rings is 2. The molecule has 2 aromatic carbocycles. The molecular weight excluding hydrogens is 418 g/mol. The Hall–Kier alpha value is -3.81. The van der Waals surface area contributed by atoms with Crippen molar-refractivity contribution in [2.45, 2.75) is 26.3 Å². The number of para-hydroxylation sites is 1. The van der Waals surface area contributed by atoms with Crippen molar-refractivity contribution in [3.63, 3.8) is 0 Å². The third-order valence-corrected chi connectivity index (χ3v) is 5.90. The van der Waals surface area contributed by atoms with E-state index >= 15 is 0 Å². The van der Waals surface area contributed by atoms with Crippen LogP contribution in [-0.4, -0.2) is 46.7 Å². The molecule has 1 saturated heterocycles. The predicted molar refractivity (Wildman–Crippen MR) is 128 cm³/mol. The fraction of sp³-hybridized carbons (Fsp3) is 0.320. The highest BCUT2D eigenvalue weighted by Gasteiger charge is 2.29. The topological polar surface area (TPSA) is 88.5 Å². The van der Waals surface area contributed by atoms with Crippen molar-refractivity contribution in [1.82, 2.24) is 14.7 Å². The molecule has 0 atom stereocenters. The number of anilines is 3. The van der Waals surface area contributed by atoms with Crippen LogP contribution in [0.4, 0.5) is 17.1 Å². The zero-order valence-electron chi connectivity index (χ0n) is 19.0. The quantitative estimate of drug-likeness (QED) is 0.568. The maximum absolute atomic E-state index is 13.3. The normalized spacial score (nSPS) is 14.1. The highest BCUT2D eigenvalue weighted by atomic mass is 16.5. The number of rotatable bonds is 7. The van der Waals surface area contributed by atoms with Crippen molar-refractivity contribution in [3.8, 4) is 5.75 Å². The number of piperidine rings is 1. The number of nitrogens with one attached hydrogen (secondary N) is 2. The lowest BCUT2D eigenvalue weighted by atomic mass is 9.95. The molecule has 8 nitrogen and oxygen atoms in total. The minimum Gasteiger partial charge on any atom is -0.497 e. The van der Waals surface area contributed by atoms with Crippen LogP contribution in [0.25, 0.3) is 0 Å². The molecular formula is C25H29N5O3. The number of carbonyl (C=O) groups is 2. The van der Waals surface area contributed by atoms with Gasteiger partial charge < -0.3 is 20.3 Å². The van der Waals surface area contributed by atoms with Gasteiger partial charge in [0.05, 0.1) is 30.2 Å². The summed E-state index contributed by atoms with van der Waals surface area (Å²) in [5.74, 6) is 0.608. The Labute approximate surface area is 193 Å². The summed E-state index contributed by atoms with van der Waals surface area (Å²) in [6, 6.07) is 15.1. The van der Waals surface area contributed by atoms with E-state index in [1.54, 1.807) is 18.0 Å². The molecule has 8 heteroatoms. The van der Waals surface area contributed by atoms with Gasteiger partial charge in [-0.3, -0.25) is 14.3 Å². The number of likely N-dealkylation sites (tertiary alicyclic amines) is 1. The lowest BCUT2D eigenvalue weighted by molar-refractivity contribution is -0.121. The third kappa shape index (κ3) is 5.34. The van der Waals surface area contributed by atoms with Gasteiger partial charge in [0.15, 0.2) is 0 Å². The van der Waals surface area contributed by atoms with E-state index in [9.17, 15) is 9.59 Å². The van der Waals surface area contributed by atoms with Gasteiger partial charge in [0.1, 0.15) is 5.75 Å². The smallest absolute Gasteiger partial charge is 0.255 e. The largest absolute Gasteiger partial charge is 0.497 e. The molecule has 2 heterocycles. The molecule has 172 valence electrons. The molecule has 3 aromatic rings. The van der Waals surface area contributed by atoms with Crippen molar-refractivity contribution in [2.24, 2.45) is 5.92 Å². The van der Waals surface area contributed by atoms with Gasteiger partial charge in [-0.1, -0.05) is 12.1 Å². The number of hydrogen-bond donors (Lipinski definition) is 2. The number of ether oxygens (including phenoxy) is 1. The number of methoxy groups -OCH3 is 1. The first kappa shape index (κ1) is 22.4. The molecule has 0 radical (unpaired) electrons. The highest BCUT2D eigenvalue weighted by molar-refractivity contribution is 6.00. The van der Waals surface area contributed by atoms with Crippen molar-refractivity contribution in [2.75, 3.05) is 30.8 Å². The molecule has 1 aliphatic rings. The first-order valence-electron chi connectivity index (χ1n) is 11.2. The van der Waals surface area contributed by atoms with Gasteiger partial charge >= 0.3 is 0 Å². The van der Waals surface area contributed by atoms with E-state index in [-0.39, 0.29) is 17.7 Å². The fourth-order valence-electron chi connectivity index (χ4n) is 3.97. The van der Waals surface area contributed by atoms with Crippen molar-refractivity contribution in [3.05, 3.63) is 66.5 Å². The van der Waals surface area contributed by atoms with E-state index in [1.165, 1.54) is 0 Å². The van der Waals surface area contributed by atoms with Crippen LogP contribution in [0.1, 0.15) is 30.1 Å². The van der Waals surface area contributed by atoms with E-state index in [4.69, 9.17) is 4.74 Å². The third-order valence-electron chi connectivity index (χ3n) is 5.90. The van der Waals surface area contributed by atoms with Gasteiger partial charge in [-0.25, -0.2) is 0 Å². The van der Waals surface area contributed by atoms with Gasteiger partial charge in [0.2, 0.25) is 5.91 Å². The van der Waals surface area contributed by atoms with Crippen LogP contribution in [0, 0.1) is 5.92 Å². The van der Waals surface area contributed by atoms with Gasteiger partial charge in [-0.05, 0) is 56.2 Å². The van der Waals surface area contributed by atoms with Crippen LogP contribution >= 0.6 is 0 Å². The Morgan fingerprint density at radius 3 is 2.45 bits per heavy atom. The van der Waals surface area contributed by atoms with Crippen LogP contribution in [0.5, 0.6) is 5.75 Å².